The van der Waals surface area contributed by atoms with Crippen LogP contribution in [0.3, 0.4) is 0 Å². The maximum atomic E-state index is 12.2. The van der Waals surface area contributed by atoms with Crippen LogP contribution in [-0.2, 0) is 13.7 Å². The highest BCUT2D eigenvalue weighted by molar-refractivity contribution is 6.01. The molecule has 6 nitrogen and oxygen atoms in total. The lowest BCUT2D eigenvalue weighted by atomic mass is 10.0. The Kier molecular flexibility index (Phi) is 5.11. The number of aromatic nitrogens is 2. The predicted octanol–water partition coefficient (Wildman–Crippen LogP) is 4.28. The molecule has 3 aromatic rings. The fourth-order valence-corrected chi connectivity index (χ4v) is 2.63. The third-order valence-corrected chi connectivity index (χ3v) is 4.00. The summed E-state index contributed by atoms with van der Waals surface area (Å²) in [5, 5.41) is 6.80. The van der Waals surface area contributed by atoms with Crippen molar-refractivity contribution < 1.29 is 13.9 Å². The van der Waals surface area contributed by atoms with E-state index in [4.69, 9.17) is 9.15 Å². The third-order valence-electron chi connectivity index (χ3n) is 4.00. The molecule has 3 rings (SSSR count). The summed E-state index contributed by atoms with van der Waals surface area (Å²) in [6.45, 7) is 6.55. The van der Waals surface area contributed by atoms with Crippen molar-refractivity contribution in [2.75, 3.05) is 5.32 Å². The molecule has 0 fully saturated rings. The van der Waals surface area contributed by atoms with Crippen molar-refractivity contribution in [2.24, 2.45) is 7.05 Å². The van der Waals surface area contributed by atoms with E-state index in [2.05, 4.69) is 36.4 Å². The van der Waals surface area contributed by atoms with E-state index in [0.717, 1.165) is 16.9 Å². The van der Waals surface area contributed by atoms with Gasteiger partial charge in [0.1, 0.15) is 18.1 Å². The normalized spacial score (nSPS) is 11.0. The van der Waals surface area contributed by atoms with Crippen LogP contribution in [-0.4, -0.2) is 15.7 Å². The average Bonchev–Trinajstić information content (AvgIpc) is 3.22. The minimum absolute atomic E-state index is 0.225. The van der Waals surface area contributed by atoms with Crippen LogP contribution in [0.1, 0.15) is 47.2 Å². The minimum atomic E-state index is -0.339. The standard InChI is InChI=1S/C20H23N3O3/c1-13(2)16-7-5-14(3)11-18(16)25-12-15-6-8-17(26-15)20(24)21-19-9-10-23(4)22-19/h5-11,13H,12H2,1-4H3,(H,21,22,24). The number of benzene rings is 1. The van der Waals surface area contributed by atoms with E-state index in [0.29, 0.717) is 17.5 Å². The quantitative estimate of drug-likeness (QED) is 0.718. The van der Waals surface area contributed by atoms with Gasteiger partial charge in [-0.15, -0.1) is 0 Å². The molecule has 0 aliphatic carbocycles. The molecule has 1 aromatic carbocycles. The zero-order valence-electron chi connectivity index (χ0n) is 15.4. The van der Waals surface area contributed by atoms with Crippen LogP contribution in [0.5, 0.6) is 5.75 Å². The molecule has 1 N–H and O–H groups in total. The predicted molar refractivity (Wildman–Crippen MR) is 99.5 cm³/mol. The summed E-state index contributed by atoms with van der Waals surface area (Å²) in [6.07, 6.45) is 1.76. The Morgan fingerprint density at radius 2 is 2.08 bits per heavy atom. The van der Waals surface area contributed by atoms with Gasteiger partial charge in [0.2, 0.25) is 0 Å². The molecule has 136 valence electrons. The van der Waals surface area contributed by atoms with Gasteiger partial charge in [0.25, 0.3) is 5.91 Å². The number of anilines is 1. The zero-order valence-corrected chi connectivity index (χ0v) is 15.4. The smallest absolute Gasteiger partial charge is 0.292 e. The SMILES string of the molecule is Cc1ccc(C(C)C)c(OCc2ccc(C(=O)Nc3ccn(C)n3)o2)c1. The molecule has 0 unspecified atom stereocenters. The van der Waals surface area contributed by atoms with Crippen molar-refractivity contribution in [1.29, 1.82) is 0 Å². The van der Waals surface area contributed by atoms with Gasteiger partial charge in [-0.3, -0.25) is 9.48 Å². The second kappa shape index (κ2) is 7.47. The van der Waals surface area contributed by atoms with E-state index < -0.39 is 0 Å². The maximum Gasteiger partial charge on any atom is 0.292 e. The first-order valence-corrected chi connectivity index (χ1v) is 8.55. The molecule has 0 aliphatic rings. The second-order valence-electron chi connectivity index (χ2n) is 6.58. The first-order chi connectivity index (χ1) is 12.4. The molecule has 1 amide bonds. The highest BCUT2D eigenvalue weighted by Gasteiger charge is 2.14. The fraction of sp³-hybridized carbons (Fsp3) is 0.300. The Labute approximate surface area is 152 Å². The van der Waals surface area contributed by atoms with E-state index in [1.54, 1.807) is 36.1 Å². The number of hydrogen-bond acceptors (Lipinski definition) is 4. The Morgan fingerprint density at radius 1 is 1.27 bits per heavy atom. The van der Waals surface area contributed by atoms with Crippen LogP contribution >= 0.6 is 0 Å². The topological polar surface area (TPSA) is 69.3 Å². The van der Waals surface area contributed by atoms with Gasteiger partial charge in [-0.05, 0) is 42.2 Å². The Balaban J connectivity index is 1.65. The van der Waals surface area contributed by atoms with E-state index >= 15 is 0 Å². The van der Waals surface area contributed by atoms with Gasteiger partial charge < -0.3 is 14.5 Å². The van der Waals surface area contributed by atoms with Gasteiger partial charge in [0.15, 0.2) is 11.6 Å². The molecule has 0 aliphatic heterocycles. The number of nitrogens with zero attached hydrogens (tertiary/aromatic N) is 2. The molecule has 0 saturated carbocycles. The lowest BCUT2D eigenvalue weighted by Gasteiger charge is -2.14. The highest BCUT2D eigenvalue weighted by Crippen LogP contribution is 2.28. The fourth-order valence-electron chi connectivity index (χ4n) is 2.63. The summed E-state index contributed by atoms with van der Waals surface area (Å²) in [6, 6.07) is 11.3. The number of amides is 1. The number of rotatable bonds is 6. The van der Waals surface area contributed by atoms with Crippen molar-refractivity contribution in [3.8, 4) is 5.75 Å². The first-order valence-electron chi connectivity index (χ1n) is 8.55. The van der Waals surface area contributed by atoms with Crippen LogP contribution < -0.4 is 10.1 Å². The molecule has 0 saturated heterocycles. The van der Waals surface area contributed by atoms with Gasteiger partial charge in [0.05, 0.1) is 0 Å². The average molecular weight is 353 g/mol. The van der Waals surface area contributed by atoms with E-state index in [9.17, 15) is 4.79 Å². The van der Waals surface area contributed by atoms with Crippen LogP contribution in [0.4, 0.5) is 5.82 Å². The molecule has 0 radical (unpaired) electrons. The van der Waals surface area contributed by atoms with Crippen molar-refractivity contribution in [2.45, 2.75) is 33.3 Å². The number of carbonyl (C=O) groups excluding carboxylic acids is 1. The molecule has 2 heterocycles. The van der Waals surface area contributed by atoms with E-state index in [1.165, 1.54) is 0 Å². The number of hydrogen-bond donors (Lipinski definition) is 1. The third kappa shape index (κ3) is 4.14. The minimum Gasteiger partial charge on any atom is -0.485 e. The molecule has 0 spiro atoms. The van der Waals surface area contributed by atoms with Crippen LogP contribution in [0, 0.1) is 6.92 Å². The lowest BCUT2D eigenvalue weighted by molar-refractivity contribution is 0.0992. The number of aryl methyl sites for hydroxylation is 2. The second-order valence-corrected chi connectivity index (χ2v) is 6.58. The lowest BCUT2D eigenvalue weighted by Crippen LogP contribution is -2.11. The zero-order chi connectivity index (χ0) is 18.7. The van der Waals surface area contributed by atoms with Gasteiger partial charge >= 0.3 is 0 Å². The summed E-state index contributed by atoms with van der Waals surface area (Å²) in [5.74, 6) is 2.16. The number of carbonyl (C=O) groups is 1. The monoisotopic (exact) mass is 353 g/mol. The largest absolute Gasteiger partial charge is 0.485 e. The molecule has 0 atom stereocenters. The molecule has 0 bridgehead atoms. The van der Waals surface area contributed by atoms with Gasteiger partial charge in [0, 0.05) is 19.3 Å². The summed E-state index contributed by atoms with van der Waals surface area (Å²) in [4.78, 5) is 12.2. The molecule has 6 heteroatoms. The summed E-state index contributed by atoms with van der Waals surface area (Å²) in [5.41, 5.74) is 2.29. The maximum absolute atomic E-state index is 12.2. The summed E-state index contributed by atoms with van der Waals surface area (Å²) in [7, 11) is 1.79. The van der Waals surface area contributed by atoms with E-state index in [1.807, 2.05) is 13.0 Å². The number of ether oxygens (including phenoxy) is 1. The summed E-state index contributed by atoms with van der Waals surface area (Å²) >= 11 is 0. The van der Waals surface area contributed by atoms with Gasteiger partial charge in [-0.2, -0.15) is 5.10 Å². The summed E-state index contributed by atoms with van der Waals surface area (Å²) < 4.78 is 13.2. The van der Waals surface area contributed by atoms with Crippen molar-refractivity contribution >= 4 is 11.7 Å². The van der Waals surface area contributed by atoms with Crippen molar-refractivity contribution in [1.82, 2.24) is 9.78 Å². The molecular formula is C20H23N3O3. The number of furan rings is 1. The molecule has 26 heavy (non-hydrogen) atoms. The van der Waals surface area contributed by atoms with Crippen molar-refractivity contribution in [3.63, 3.8) is 0 Å². The molecular weight excluding hydrogens is 330 g/mol. The Hall–Kier alpha value is -3.02. The van der Waals surface area contributed by atoms with Gasteiger partial charge in [-0.25, -0.2) is 0 Å². The Morgan fingerprint density at radius 3 is 2.77 bits per heavy atom. The number of nitrogens with one attached hydrogen (secondary N) is 1. The van der Waals surface area contributed by atoms with E-state index in [-0.39, 0.29) is 18.3 Å². The molecule has 2 aromatic heterocycles. The van der Waals surface area contributed by atoms with Crippen LogP contribution in [0.15, 0.2) is 47.0 Å². The van der Waals surface area contributed by atoms with Gasteiger partial charge in [-0.1, -0.05) is 26.0 Å². The van der Waals surface area contributed by atoms with Crippen LogP contribution in [0.2, 0.25) is 0 Å². The van der Waals surface area contributed by atoms with Crippen molar-refractivity contribution in [3.05, 3.63) is 65.2 Å². The Bertz CT molecular complexity index is 909. The first kappa shape index (κ1) is 17.8. The highest BCUT2D eigenvalue weighted by atomic mass is 16.5. The van der Waals surface area contributed by atoms with Crippen LogP contribution in [0.25, 0.3) is 0 Å².